The van der Waals surface area contributed by atoms with Crippen molar-refractivity contribution < 1.29 is 19.2 Å². The molecule has 118 valence electrons. The molecule has 6 nitrogen and oxygen atoms in total. The normalized spacial score (nSPS) is 10.9. The molecule has 3 N–H and O–H groups in total. The van der Waals surface area contributed by atoms with Crippen molar-refractivity contribution in [3.63, 3.8) is 0 Å². The van der Waals surface area contributed by atoms with Crippen LogP contribution in [0.3, 0.4) is 0 Å². The van der Waals surface area contributed by atoms with E-state index >= 15 is 0 Å². The second-order valence-corrected chi connectivity index (χ2v) is 5.46. The first-order chi connectivity index (χ1) is 11.0. The molecule has 0 spiro atoms. The molecule has 0 bridgehead atoms. The maximum absolute atomic E-state index is 10.6. The number of hydrogen-bond acceptors (Lipinski definition) is 5. The number of halogens is 2. The van der Waals surface area contributed by atoms with Gasteiger partial charge in [-0.3, -0.25) is 0 Å². The van der Waals surface area contributed by atoms with E-state index < -0.39 is 12.6 Å². The first-order valence-corrected chi connectivity index (χ1v) is 7.21. The molecule has 0 fully saturated rings. The molecule has 3 rings (SSSR count). The van der Waals surface area contributed by atoms with Gasteiger partial charge in [-0.15, -0.1) is 0 Å². The van der Waals surface area contributed by atoms with Gasteiger partial charge in [0.15, 0.2) is 12.2 Å². The van der Waals surface area contributed by atoms with Gasteiger partial charge in [-0.2, -0.15) is 0 Å². The molecule has 1 aromatic heterocycles. The van der Waals surface area contributed by atoms with Gasteiger partial charge in [0.05, 0.1) is 5.02 Å². The van der Waals surface area contributed by atoms with E-state index in [-0.39, 0.29) is 15.8 Å². The molecule has 23 heavy (non-hydrogen) atoms. The zero-order valence-corrected chi connectivity index (χ0v) is 13.1. The highest BCUT2D eigenvalue weighted by molar-refractivity contribution is 6.44. The van der Waals surface area contributed by atoms with Gasteiger partial charge >= 0.3 is 5.97 Å². The minimum Gasteiger partial charge on any atom is -0.480 e. The van der Waals surface area contributed by atoms with Crippen LogP contribution in [0.2, 0.25) is 10.0 Å². The number of carboxylic acid groups (broad SMARTS) is 1. The van der Waals surface area contributed by atoms with E-state index in [1.807, 2.05) is 0 Å². The van der Waals surface area contributed by atoms with Crippen LogP contribution in [0.15, 0.2) is 34.9 Å². The van der Waals surface area contributed by atoms with Crippen LogP contribution in [0.5, 0.6) is 5.75 Å². The third-order valence-electron chi connectivity index (χ3n) is 3.15. The van der Waals surface area contributed by atoms with Crippen molar-refractivity contribution in [3.8, 4) is 17.0 Å². The summed E-state index contributed by atoms with van der Waals surface area (Å²) in [4.78, 5) is 10.6. The summed E-state index contributed by atoms with van der Waals surface area (Å²) in [5.74, 6) is -0.929. The van der Waals surface area contributed by atoms with Crippen LogP contribution in [-0.4, -0.2) is 22.8 Å². The monoisotopic (exact) mass is 352 g/mol. The molecule has 0 aliphatic heterocycles. The van der Waals surface area contributed by atoms with Crippen molar-refractivity contribution in [3.05, 3.63) is 40.4 Å². The van der Waals surface area contributed by atoms with Crippen molar-refractivity contribution in [2.45, 2.75) is 0 Å². The smallest absolute Gasteiger partial charge is 0.341 e. The maximum atomic E-state index is 10.6. The Morgan fingerprint density at radius 1 is 1.26 bits per heavy atom. The summed E-state index contributed by atoms with van der Waals surface area (Å²) in [5.41, 5.74) is 7.84. The Bertz CT molecular complexity index is 908. The molecule has 3 aromatic rings. The summed E-state index contributed by atoms with van der Waals surface area (Å²) in [6.07, 6.45) is 0. The van der Waals surface area contributed by atoms with E-state index in [4.69, 9.17) is 43.3 Å². The van der Waals surface area contributed by atoms with Gasteiger partial charge in [-0.1, -0.05) is 28.4 Å². The third kappa shape index (κ3) is 2.91. The van der Waals surface area contributed by atoms with E-state index in [9.17, 15) is 4.79 Å². The summed E-state index contributed by atoms with van der Waals surface area (Å²) in [7, 11) is 0. The molecule has 0 amide bonds. The number of nitrogens with two attached hydrogens (primary N) is 1. The zero-order chi connectivity index (χ0) is 16.6. The largest absolute Gasteiger partial charge is 0.480 e. The topological polar surface area (TPSA) is 98.6 Å². The second kappa shape index (κ2) is 5.98. The van der Waals surface area contributed by atoms with Crippen LogP contribution >= 0.6 is 23.2 Å². The fourth-order valence-corrected chi connectivity index (χ4v) is 2.58. The number of anilines is 1. The number of aromatic nitrogens is 1. The fourth-order valence-electron chi connectivity index (χ4n) is 2.11. The number of rotatable bonds is 4. The Hall–Kier alpha value is -2.44. The van der Waals surface area contributed by atoms with E-state index in [0.29, 0.717) is 22.5 Å². The molecular weight excluding hydrogens is 343 g/mol. The lowest BCUT2D eigenvalue weighted by molar-refractivity contribution is -0.139. The zero-order valence-electron chi connectivity index (χ0n) is 11.5. The first kappa shape index (κ1) is 15.5. The Morgan fingerprint density at radius 2 is 2.04 bits per heavy atom. The number of carbonyl (C=O) groups is 1. The van der Waals surface area contributed by atoms with E-state index in [1.165, 1.54) is 6.07 Å². The molecule has 2 aromatic carbocycles. The summed E-state index contributed by atoms with van der Waals surface area (Å²) < 4.78 is 10.3. The standard InChI is InChI=1S/C15H10Cl2N2O4/c16-13-9(3-4-10(14(13)17)22-6-12(20)21)15-8-2-1-7(18)5-11(8)23-19-15/h1-5H,6,18H2,(H,20,21). The van der Waals surface area contributed by atoms with Crippen LogP contribution in [-0.2, 0) is 4.79 Å². The third-order valence-corrected chi connectivity index (χ3v) is 4.01. The van der Waals surface area contributed by atoms with Gasteiger partial charge in [0.25, 0.3) is 0 Å². The number of ether oxygens (including phenoxy) is 1. The average molecular weight is 353 g/mol. The average Bonchev–Trinajstić information content (AvgIpc) is 2.91. The SMILES string of the molecule is Nc1ccc2c(-c3ccc(OCC(=O)O)c(Cl)c3Cl)noc2c1. The lowest BCUT2D eigenvalue weighted by atomic mass is 10.1. The van der Waals surface area contributed by atoms with Gasteiger partial charge in [-0.05, 0) is 24.3 Å². The Morgan fingerprint density at radius 3 is 2.78 bits per heavy atom. The van der Waals surface area contributed by atoms with E-state index in [2.05, 4.69) is 5.16 Å². The number of nitrogens with zero attached hydrogens (tertiary/aromatic N) is 1. The van der Waals surface area contributed by atoms with E-state index in [0.717, 1.165) is 5.39 Å². The Balaban J connectivity index is 2.05. The molecule has 0 saturated heterocycles. The Labute approximate surface area is 140 Å². The van der Waals surface area contributed by atoms with Crippen LogP contribution in [0.4, 0.5) is 5.69 Å². The van der Waals surface area contributed by atoms with Crippen molar-refractivity contribution in [2.24, 2.45) is 0 Å². The minimum absolute atomic E-state index is 0.108. The molecule has 0 radical (unpaired) electrons. The summed E-state index contributed by atoms with van der Waals surface area (Å²) in [6.45, 7) is -0.512. The summed E-state index contributed by atoms with van der Waals surface area (Å²) in [5, 5.41) is 13.7. The predicted octanol–water partition coefficient (Wildman–Crippen LogP) is 3.85. The molecule has 0 saturated carbocycles. The van der Waals surface area contributed by atoms with Crippen LogP contribution < -0.4 is 10.5 Å². The lowest BCUT2D eigenvalue weighted by Crippen LogP contribution is -2.09. The molecule has 0 aliphatic rings. The van der Waals surface area contributed by atoms with Crippen molar-refractivity contribution in [1.29, 1.82) is 0 Å². The van der Waals surface area contributed by atoms with Gasteiger partial charge in [0.1, 0.15) is 16.5 Å². The molecule has 0 aliphatic carbocycles. The number of benzene rings is 2. The van der Waals surface area contributed by atoms with E-state index in [1.54, 1.807) is 24.3 Å². The molecule has 0 unspecified atom stereocenters. The van der Waals surface area contributed by atoms with Crippen LogP contribution in [0.25, 0.3) is 22.2 Å². The van der Waals surface area contributed by atoms with Crippen molar-refractivity contribution in [1.82, 2.24) is 5.16 Å². The van der Waals surface area contributed by atoms with Crippen molar-refractivity contribution in [2.75, 3.05) is 12.3 Å². The highest BCUT2D eigenvalue weighted by Crippen LogP contribution is 2.41. The van der Waals surface area contributed by atoms with Gasteiger partial charge in [-0.25, -0.2) is 4.79 Å². The van der Waals surface area contributed by atoms with Gasteiger partial charge in [0.2, 0.25) is 0 Å². The molecule has 1 heterocycles. The predicted molar refractivity (Wildman–Crippen MR) is 87.0 cm³/mol. The summed E-state index contributed by atoms with van der Waals surface area (Å²) in [6, 6.07) is 8.33. The fraction of sp³-hybridized carbons (Fsp3) is 0.0667. The molecule has 0 atom stereocenters. The maximum Gasteiger partial charge on any atom is 0.341 e. The highest BCUT2D eigenvalue weighted by atomic mass is 35.5. The summed E-state index contributed by atoms with van der Waals surface area (Å²) >= 11 is 12.4. The molecule has 8 heteroatoms. The second-order valence-electron chi connectivity index (χ2n) is 4.71. The Kier molecular flexibility index (Phi) is 4.02. The number of carboxylic acids is 1. The van der Waals surface area contributed by atoms with Crippen LogP contribution in [0.1, 0.15) is 0 Å². The highest BCUT2D eigenvalue weighted by Gasteiger charge is 2.18. The number of hydrogen-bond donors (Lipinski definition) is 2. The van der Waals surface area contributed by atoms with Gasteiger partial charge < -0.3 is 20.1 Å². The van der Waals surface area contributed by atoms with Gasteiger partial charge in [0, 0.05) is 22.7 Å². The lowest BCUT2D eigenvalue weighted by Gasteiger charge is -2.09. The van der Waals surface area contributed by atoms with Crippen molar-refractivity contribution >= 4 is 45.8 Å². The quantitative estimate of drug-likeness (QED) is 0.692. The molecular formula is C15H10Cl2N2O4. The number of aliphatic carboxylic acids is 1. The van der Waals surface area contributed by atoms with Crippen LogP contribution in [0, 0.1) is 0 Å². The first-order valence-electron chi connectivity index (χ1n) is 6.45. The minimum atomic E-state index is -1.11. The number of fused-ring (bicyclic) bond motifs is 1. The number of nitrogen functional groups attached to an aromatic ring is 1.